The summed E-state index contributed by atoms with van der Waals surface area (Å²) in [6, 6.07) is 130. The van der Waals surface area contributed by atoms with Gasteiger partial charge in [-0.05, 0) is 136 Å². The van der Waals surface area contributed by atoms with Crippen LogP contribution < -0.4 is 0 Å². The van der Waals surface area contributed by atoms with Crippen molar-refractivity contribution < 1.29 is 107 Å². The van der Waals surface area contributed by atoms with Crippen LogP contribution >= 0.6 is 0 Å². The van der Waals surface area contributed by atoms with E-state index >= 15 is 0 Å². The van der Waals surface area contributed by atoms with Gasteiger partial charge in [0.25, 0.3) is 0 Å². The van der Waals surface area contributed by atoms with Crippen molar-refractivity contribution in [2.75, 3.05) is 0 Å². The van der Waals surface area contributed by atoms with E-state index in [1.807, 2.05) is 84.9 Å². The van der Waals surface area contributed by atoms with Crippen LogP contribution in [0.2, 0.25) is 0 Å². The predicted octanol–water partition coefficient (Wildman–Crippen LogP) is 25.8. The van der Waals surface area contributed by atoms with Crippen LogP contribution in [0.15, 0.2) is 350 Å². The first-order valence-corrected chi connectivity index (χ1v) is 42.3. The second-order valence-electron chi connectivity index (χ2n) is 31.5. The summed E-state index contributed by atoms with van der Waals surface area (Å²) in [6.45, 7) is 4.40. The van der Waals surface area contributed by atoms with Gasteiger partial charge in [0, 0.05) is 116 Å². The summed E-state index contributed by atoms with van der Waals surface area (Å²) in [5, 5.41) is 6.51. The maximum Gasteiger partial charge on any atom is 4.00 e. The first-order valence-electron chi connectivity index (χ1n) is 42.3. The molecule has 0 fully saturated rings. The summed E-state index contributed by atoms with van der Waals surface area (Å²) < 4.78 is 58.6. The van der Waals surface area contributed by atoms with E-state index < -0.39 is 23.3 Å². The van der Waals surface area contributed by atoms with Gasteiger partial charge in [-0.15, -0.1) is 142 Å². The molecule has 8 aromatic heterocycles. The van der Waals surface area contributed by atoms with Gasteiger partial charge in [0.05, 0.1) is 34.2 Å². The van der Waals surface area contributed by atoms with Gasteiger partial charge in [-0.2, -0.15) is 48.5 Å². The molecule has 2 aliphatic heterocycles. The maximum absolute atomic E-state index is 14.0. The molecular formula is C114H76F4N10OPt4. The number of fused-ring (bicyclic) bond motifs is 6. The van der Waals surface area contributed by atoms with Gasteiger partial charge in [-0.25, -0.2) is 11.1 Å². The van der Waals surface area contributed by atoms with Gasteiger partial charge in [0.1, 0.15) is 5.78 Å². The molecule has 0 aliphatic carbocycles. The molecule has 19 heteroatoms. The summed E-state index contributed by atoms with van der Waals surface area (Å²) in [5.41, 5.74) is 25.5. The van der Waals surface area contributed by atoms with E-state index in [-0.39, 0.29) is 113 Å². The van der Waals surface area contributed by atoms with Crippen LogP contribution in [0.4, 0.5) is 28.9 Å². The summed E-state index contributed by atoms with van der Waals surface area (Å²) in [5.74, 6) is -2.58. The molecule has 0 radical (unpaired) electrons. The number of hydrogen-bond acceptors (Lipinski definition) is 9. The Balaban J connectivity index is 0.000000134. The summed E-state index contributed by atoms with van der Waals surface area (Å²) in [7, 11) is 4.18. The average Bonchev–Trinajstić information content (AvgIpc) is 1.55. The first kappa shape index (κ1) is 94.3. The van der Waals surface area contributed by atoms with Crippen LogP contribution in [0.3, 0.4) is 0 Å². The molecular weight excluding hydrogens is 2380 g/mol. The van der Waals surface area contributed by atoms with Gasteiger partial charge in [-0.1, -0.05) is 205 Å². The van der Waals surface area contributed by atoms with E-state index in [4.69, 9.17) is 20.0 Å². The molecule has 22 rings (SSSR count). The molecule has 133 heavy (non-hydrogen) atoms. The molecule has 2 unspecified atom stereocenters. The van der Waals surface area contributed by atoms with Gasteiger partial charge < -0.3 is 23.9 Å². The number of para-hydroxylation sites is 4. The topological polar surface area (TPSA) is 129 Å². The smallest absolute Gasteiger partial charge is 0.440 e. The fourth-order valence-corrected chi connectivity index (χ4v) is 16.7. The molecule has 10 heterocycles. The quantitative estimate of drug-likeness (QED) is 0.0535. The molecule has 0 bridgehead atoms. The van der Waals surface area contributed by atoms with Crippen molar-refractivity contribution in [3.63, 3.8) is 0 Å². The SMILES string of the molecule is CC1C(c2cccc(Cc3cccc(C4=Nc5ccccc5C4C)n3)n2)=Nc2ccccc21.Cn1c(-c2[c-]c(Cc3[c-]c(-c4[c-]c5ccccc5n4C)ccc3)ccc2)[c-]c2ccccc21.Fc1c[c-]c(-c2cccc(Cc3cccc(-c4[c-]cc(F)cc4F)n3)n2)c(F)c1.O=C(c1[c-]c(-c2nccc3ccccc23)ccc1)c1[c-]c(-c2nccc3ccccc23)ccc1.[Pt+2].[Pt+2].[Pt+4].[Pt]. The molecule has 2 aliphatic rings. The number of ketones is 1. The van der Waals surface area contributed by atoms with Crippen LogP contribution in [0, 0.1) is 71.8 Å². The number of rotatable bonds is 16. The summed E-state index contributed by atoms with van der Waals surface area (Å²) in [4.78, 5) is 51.0. The molecule has 2 atom stereocenters. The van der Waals surface area contributed by atoms with E-state index in [9.17, 15) is 22.4 Å². The Morgan fingerprint density at radius 1 is 0.368 bits per heavy atom. The third-order valence-corrected chi connectivity index (χ3v) is 23.1. The van der Waals surface area contributed by atoms with E-state index in [1.165, 1.54) is 22.2 Å². The van der Waals surface area contributed by atoms with Crippen LogP contribution in [-0.2, 0) is 118 Å². The zero-order valence-corrected chi connectivity index (χ0v) is 80.9. The third kappa shape index (κ3) is 20.8. The Labute approximate surface area is 826 Å². The van der Waals surface area contributed by atoms with Crippen LogP contribution in [0.1, 0.15) is 98.0 Å². The van der Waals surface area contributed by atoms with Crippen molar-refractivity contribution in [1.82, 2.24) is 39.0 Å². The predicted molar refractivity (Wildman–Crippen MR) is 503 cm³/mol. The van der Waals surface area contributed by atoms with Crippen molar-refractivity contribution >= 4 is 71.9 Å². The Hall–Kier alpha value is -13.4. The van der Waals surface area contributed by atoms with E-state index in [0.717, 1.165) is 165 Å². The second-order valence-corrected chi connectivity index (χ2v) is 31.5. The molecule has 656 valence electrons. The zero-order valence-electron chi connectivity index (χ0n) is 71.8. The standard InChI is InChI=1S/C31H18N2O.C31H22N2.C29H24N4.C23H12F4N2.4Pt/c34-31(25-11-5-9-23(19-25)29-27-13-3-1-7-21(27)15-17-32-29)26-12-6-10-24(20-26)30-28-14-4-2-8-22(28)16-18-33-30;1-32-28-15-5-3-11-26(28)20-30(32)24-13-7-9-22(18-24)17-23-10-8-14-25(19-23)31-21-27-12-4-6-16-29(27)33(31)2;1-18-22-11-3-5-13-24(22)32-28(18)26-15-7-9-20(30-26)17-21-10-8-16-27(31-21)29-19(2)23-12-4-6-14-25(23)33-29;24-14-7-9-18(20(26)11-14)22-5-1-3-16(28-22)13-17-4-2-6-23(29-17)19-10-8-15(25)12-21(19)27;;;;/h1-18H;3-16H,17H2,1-2H3;3-16,18-19H,17H2,1-2H3;1-8,11-12H,13H2;;;;/q-2;-4;;-2;;2*+2;+4. The minimum absolute atomic E-state index is 0. The van der Waals surface area contributed by atoms with Gasteiger partial charge in [0.15, 0.2) is 0 Å². The molecule has 0 amide bonds. The largest absolute Gasteiger partial charge is 4.00 e. The van der Waals surface area contributed by atoms with Gasteiger partial charge >= 0.3 is 63.2 Å². The average molecular weight is 2460 g/mol. The Morgan fingerprint density at radius 3 is 1.14 bits per heavy atom. The normalized spacial score (nSPS) is 12.6. The fourth-order valence-electron chi connectivity index (χ4n) is 16.7. The number of halogens is 4. The molecule has 20 aromatic rings. The number of aryl methyl sites for hydroxylation is 2. The number of carbonyl (C=O) groups is 1. The molecule has 0 saturated carbocycles. The first-order chi connectivity index (χ1) is 63.1. The fraction of sp³-hybridized carbons (Fsp3) is 0.0789. The zero-order chi connectivity index (χ0) is 88.0. The summed E-state index contributed by atoms with van der Waals surface area (Å²) in [6.07, 6.45) is 5.32. The van der Waals surface area contributed by atoms with Crippen molar-refractivity contribution in [2.45, 2.75) is 44.9 Å². The number of pyridine rings is 6. The number of aliphatic imine (C=N–C) groups is 2. The minimum atomic E-state index is -0.753. The van der Waals surface area contributed by atoms with Crippen LogP contribution in [0.25, 0.3) is 111 Å². The van der Waals surface area contributed by atoms with Gasteiger partial charge in [-0.3, -0.25) is 47.5 Å². The Bertz CT molecular complexity index is 7310. The Morgan fingerprint density at radius 2 is 0.729 bits per heavy atom. The number of carbonyl (C=O) groups excluding carboxylic acids is 1. The molecule has 0 spiro atoms. The van der Waals surface area contributed by atoms with Crippen molar-refractivity contribution in [2.24, 2.45) is 24.1 Å². The van der Waals surface area contributed by atoms with Crippen molar-refractivity contribution in [3.05, 3.63) is 479 Å². The van der Waals surface area contributed by atoms with Crippen molar-refractivity contribution in [1.29, 1.82) is 0 Å². The second kappa shape index (κ2) is 42.5. The van der Waals surface area contributed by atoms with Gasteiger partial charge in [0.2, 0.25) is 0 Å². The van der Waals surface area contributed by atoms with E-state index in [2.05, 4.69) is 275 Å². The molecule has 12 aromatic carbocycles. The number of hydrogen-bond donors (Lipinski definition) is 0. The van der Waals surface area contributed by atoms with Crippen LogP contribution in [-0.4, -0.2) is 56.2 Å². The molecule has 11 nitrogen and oxygen atoms in total. The van der Waals surface area contributed by atoms with E-state index in [1.54, 1.807) is 60.9 Å². The molecule has 0 N–H and O–H groups in total. The molecule has 0 saturated heterocycles. The number of benzene rings is 12. The van der Waals surface area contributed by atoms with Crippen molar-refractivity contribution in [3.8, 4) is 67.5 Å². The number of aromatic nitrogens is 8. The Kier molecular flexibility index (Phi) is 30.1. The van der Waals surface area contributed by atoms with E-state index in [0.29, 0.717) is 46.7 Å². The summed E-state index contributed by atoms with van der Waals surface area (Å²) >= 11 is 0. The maximum atomic E-state index is 14.0. The number of nitrogens with zero attached hydrogens (tertiary/aromatic N) is 10. The monoisotopic (exact) mass is 2460 g/mol. The third-order valence-electron chi connectivity index (χ3n) is 23.1. The van der Waals surface area contributed by atoms with Crippen LogP contribution in [0.5, 0.6) is 0 Å². The minimum Gasteiger partial charge on any atom is -0.440 e.